The summed E-state index contributed by atoms with van der Waals surface area (Å²) in [7, 11) is 1.40. The van der Waals surface area contributed by atoms with Crippen LogP contribution in [-0.2, 0) is 10.9 Å². The number of nitrogens with zero attached hydrogens (tertiary/aromatic N) is 2. The molecule has 27 heavy (non-hydrogen) atoms. The first-order valence-corrected chi connectivity index (χ1v) is 8.94. The molecule has 0 atom stereocenters. The quantitative estimate of drug-likeness (QED) is 0.764. The standard InChI is InChI=1S/C16H16F3N3O4S/c1-20-14(23)9-7-27-13-10(16(17,18)19)6-11(21-12(9)13)22-4-2-8(3-5-22)26-15(24)25/h6-8H,2-5H2,1H3,(H,20,23)(H,24,25). The normalized spacial score (nSPS) is 15.8. The van der Waals surface area contributed by atoms with Crippen molar-refractivity contribution in [3.63, 3.8) is 0 Å². The third kappa shape index (κ3) is 3.92. The molecule has 3 heterocycles. The second kappa shape index (κ2) is 7.22. The lowest BCUT2D eigenvalue weighted by atomic mass is 10.1. The van der Waals surface area contributed by atoms with Gasteiger partial charge in [-0.05, 0) is 6.07 Å². The van der Waals surface area contributed by atoms with Crippen molar-refractivity contribution in [3.05, 3.63) is 22.6 Å². The maximum Gasteiger partial charge on any atom is 0.506 e. The number of hydrogen-bond donors (Lipinski definition) is 2. The van der Waals surface area contributed by atoms with E-state index in [-0.39, 0.29) is 21.6 Å². The molecular formula is C16H16F3N3O4S. The summed E-state index contributed by atoms with van der Waals surface area (Å²) in [6.45, 7) is 0.598. The van der Waals surface area contributed by atoms with E-state index in [9.17, 15) is 22.8 Å². The van der Waals surface area contributed by atoms with Crippen molar-refractivity contribution in [1.29, 1.82) is 0 Å². The minimum Gasteiger partial charge on any atom is -0.450 e. The summed E-state index contributed by atoms with van der Waals surface area (Å²) in [6.07, 6.45) is -5.77. The minimum absolute atomic E-state index is 0.00749. The number of thiophene rings is 1. The maximum absolute atomic E-state index is 13.5. The molecule has 2 N–H and O–H groups in total. The van der Waals surface area contributed by atoms with E-state index >= 15 is 0 Å². The first-order valence-electron chi connectivity index (χ1n) is 8.06. The molecule has 0 saturated carbocycles. The fourth-order valence-corrected chi connectivity index (χ4v) is 4.03. The number of carbonyl (C=O) groups is 2. The molecule has 0 bridgehead atoms. The van der Waals surface area contributed by atoms with Crippen molar-refractivity contribution < 1.29 is 32.6 Å². The van der Waals surface area contributed by atoms with Gasteiger partial charge in [0.1, 0.15) is 11.9 Å². The number of hydrogen-bond acceptors (Lipinski definition) is 6. The average Bonchev–Trinajstić information content (AvgIpc) is 3.03. The smallest absolute Gasteiger partial charge is 0.450 e. The van der Waals surface area contributed by atoms with E-state index in [0.717, 1.165) is 17.4 Å². The van der Waals surface area contributed by atoms with Gasteiger partial charge in [0.15, 0.2) is 0 Å². The van der Waals surface area contributed by atoms with Gasteiger partial charge in [0.05, 0.1) is 21.3 Å². The molecule has 0 aliphatic carbocycles. The molecule has 1 aliphatic heterocycles. The monoisotopic (exact) mass is 403 g/mol. The van der Waals surface area contributed by atoms with Crippen molar-refractivity contribution >= 4 is 39.4 Å². The van der Waals surface area contributed by atoms with Crippen LogP contribution in [0, 0.1) is 0 Å². The van der Waals surface area contributed by atoms with Crippen LogP contribution in [0.3, 0.4) is 0 Å². The predicted molar refractivity (Wildman–Crippen MR) is 92.4 cm³/mol. The summed E-state index contributed by atoms with van der Waals surface area (Å²) in [4.78, 5) is 28.5. The molecule has 0 radical (unpaired) electrons. The van der Waals surface area contributed by atoms with E-state index in [4.69, 9.17) is 9.84 Å². The molecule has 2 aromatic heterocycles. The van der Waals surface area contributed by atoms with Crippen LogP contribution in [0.4, 0.5) is 23.8 Å². The molecule has 0 unspecified atom stereocenters. The Labute approximate surface area is 155 Å². The number of carboxylic acid groups (broad SMARTS) is 1. The summed E-state index contributed by atoms with van der Waals surface area (Å²) in [5, 5.41) is 12.4. The molecule has 7 nitrogen and oxygen atoms in total. The van der Waals surface area contributed by atoms with Crippen LogP contribution in [0.15, 0.2) is 11.4 Å². The second-order valence-electron chi connectivity index (χ2n) is 6.00. The lowest BCUT2D eigenvalue weighted by Gasteiger charge is -2.32. The van der Waals surface area contributed by atoms with Gasteiger partial charge in [-0.3, -0.25) is 4.79 Å². The topological polar surface area (TPSA) is 91.8 Å². The molecule has 2 aromatic rings. The molecule has 3 rings (SSSR count). The fraction of sp³-hybridized carbons (Fsp3) is 0.438. The Balaban J connectivity index is 1.98. The molecule has 146 valence electrons. The Bertz CT molecular complexity index is 876. The zero-order valence-corrected chi connectivity index (χ0v) is 15.0. The van der Waals surface area contributed by atoms with Gasteiger partial charge in [0.2, 0.25) is 0 Å². The van der Waals surface area contributed by atoms with E-state index in [1.807, 2.05) is 0 Å². The van der Waals surface area contributed by atoms with Gasteiger partial charge >= 0.3 is 12.3 Å². The Kier molecular flexibility index (Phi) is 5.13. The summed E-state index contributed by atoms with van der Waals surface area (Å²) >= 11 is 0.827. The van der Waals surface area contributed by atoms with Crippen molar-refractivity contribution in [3.8, 4) is 0 Å². The number of halogens is 3. The molecule has 11 heteroatoms. The van der Waals surface area contributed by atoms with Gasteiger partial charge in [0.25, 0.3) is 5.91 Å². The first-order chi connectivity index (χ1) is 12.7. The van der Waals surface area contributed by atoms with Crippen LogP contribution in [0.2, 0.25) is 0 Å². The largest absolute Gasteiger partial charge is 0.506 e. The third-order valence-electron chi connectivity index (χ3n) is 4.32. The maximum atomic E-state index is 13.5. The molecule has 1 saturated heterocycles. The summed E-state index contributed by atoms with van der Waals surface area (Å²) in [5.41, 5.74) is -0.742. The van der Waals surface area contributed by atoms with Gasteiger partial charge in [-0.1, -0.05) is 0 Å². The van der Waals surface area contributed by atoms with Crippen LogP contribution in [0.1, 0.15) is 28.8 Å². The Morgan fingerprint density at radius 1 is 1.37 bits per heavy atom. The highest BCUT2D eigenvalue weighted by molar-refractivity contribution is 7.17. The van der Waals surface area contributed by atoms with Crippen LogP contribution < -0.4 is 10.2 Å². The van der Waals surface area contributed by atoms with Gasteiger partial charge < -0.3 is 20.1 Å². The van der Waals surface area contributed by atoms with Crippen LogP contribution in [0.25, 0.3) is 10.2 Å². The van der Waals surface area contributed by atoms with Crippen LogP contribution in [0.5, 0.6) is 0 Å². The van der Waals surface area contributed by atoms with Crippen LogP contribution in [-0.4, -0.2) is 48.4 Å². The van der Waals surface area contributed by atoms with E-state index in [0.29, 0.717) is 25.9 Å². The van der Waals surface area contributed by atoms with Gasteiger partial charge in [0, 0.05) is 38.4 Å². The number of rotatable bonds is 3. The number of fused-ring (bicyclic) bond motifs is 1. The number of anilines is 1. The van der Waals surface area contributed by atoms with Gasteiger partial charge in [-0.15, -0.1) is 11.3 Å². The van der Waals surface area contributed by atoms with Crippen molar-refractivity contribution in [2.75, 3.05) is 25.0 Å². The number of nitrogens with one attached hydrogen (secondary N) is 1. The number of pyridine rings is 1. The minimum atomic E-state index is -4.59. The van der Waals surface area contributed by atoms with E-state index in [1.54, 1.807) is 4.90 Å². The molecular weight excluding hydrogens is 387 g/mol. The van der Waals surface area contributed by atoms with E-state index in [1.165, 1.54) is 12.4 Å². The third-order valence-corrected chi connectivity index (χ3v) is 5.32. The number of aromatic nitrogens is 1. The molecule has 1 fully saturated rings. The molecule has 1 aliphatic rings. The highest BCUT2D eigenvalue weighted by Crippen LogP contribution is 2.40. The van der Waals surface area contributed by atoms with Crippen molar-refractivity contribution in [2.45, 2.75) is 25.1 Å². The summed E-state index contributed by atoms with van der Waals surface area (Å²) in [5.74, 6) is -0.403. The number of amides is 1. The summed E-state index contributed by atoms with van der Waals surface area (Å²) in [6, 6.07) is 0.977. The van der Waals surface area contributed by atoms with E-state index in [2.05, 4.69) is 10.3 Å². The number of ether oxygens (including phenoxy) is 1. The highest BCUT2D eigenvalue weighted by Gasteiger charge is 2.36. The zero-order chi connectivity index (χ0) is 19.8. The second-order valence-corrected chi connectivity index (χ2v) is 6.88. The zero-order valence-electron chi connectivity index (χ0n) is 14.2. The lowest BCUT2D eigenvalue weighted by molar-refractivity contribution is -0.136. The van der Waals surface area contributed by atoms with Gasteiger partial charge in [-0.25, -0.2) is 9.78 Å². The number of carbonyl (C=O) groups excluding carboxylic acids is 1. The summed E-state index contributed by atoms with van der Waals surface area (Å²) < 4.78 is 45.2. The number of piperidine rings is 1. The fourth-order valence-electron chi connectivity index (χ4n) is 3.01. The number of alkyl halides is 3. The van der Waals surface area contributed by atoms with Crippen molar-refractivity contribution in [1.82, 2.24) is 10.3 Å². The highest BCUT2D eigenvalue weighted by atomic mass is 32.1. The van der Waals surface area contributed by atoms with Crippen LogP contribution >= 0.6 is 11.3 Å². The van der Waals surface area contributed by atoms with Crippen molar-refractivity contribution in [2.24, 2.45) is 0 Å². The Morgan fingerprint density at radius 3 is 2.59 bits per heavy atom. The molecule has 1 amide bonds. The molecule has 0 spiro atoms. The molecule has 0 aromatic carbocycles. The Morgan fingerprint density at radius 2 is 2.04 bits per heavy atom. The Hall–Kier alpha value is -2.56. The predicted octanol–water partition coefficient (Wildman–Crippen LogP) is 3.34. The average molecular weight is 403 g/mol. The van der Waals surface area contributed by atoms with Gasteiger partial charge in [-0.2, -0.15) is 13.2 Å². The lowest BCUT2D eigenvalue weighted by Crippen LogP contribution is -2.38. The van der Waals surface area contributed by atoms with E-state index < -0.39 is 29.9 Å². The SMILES string of the molecule is CNC(=O)c1csc2c(C(F)(F)F)cc(N3CCC(OC(=O)O)CC3)nc12. The first kappa shape index (κ1) is 19.2.